The number of nitrogens with zero attached hydrogens (tertiary/aromatic N) is 2. The monoisotopic (exact) mass is 284 g/mol. The molecule has 1 aromatic carbocycles. The van der Waals surface area contributed by atoms with Gasteiger partial charge in [-0.1, -0.05) is 11.2 Å². The van der Waals surface area contributed by atoms with E-state index >= 15 is 0 Å². The Morgan fingerprint density at radius 1 is 1.37 bits per heavy atom. The second kappa shape index (κ2) is 4.57. The Morgan fingerprint density at radius 2 is 2.11 bits per heavy atom. The van der Waals surface area contributed by atoms with Crippen molar-refractivity contribution >= 4 is 27.2 Å². The summed E-state index contributed by atoms with van der Waals surface area (Å²) in [5, 5.41) is 14.2. The molecule has 100 valence electrons. The molecule has 0 fully saturated rings. The molecular formula is C9H8N4O5S. The molecule has 0 radical (unpaired) electrons. The van der Waals surface area contributed by atoms with E-state index < -0.39 is 25.5 Å². The van der Waals surface area contributed by atoms with E-state index in [-0.39, 0.29) is 11.5 Å². The van der Waals surface area contributed by atoms with Crippen molar-refractivity contribution in [1.29, 1.82) is 0 Å². The van der Waals surface area contributed by atoms with E-state index in [1.165, 1.54) is 18.2 Å². The van der Waals surface area contributed by atoms with Gasteiger partial charge in [0, 0.05) is 6.07 Å². The van der Waals surface area contributed by atoms with Crippen molar-refractivity contribution in [3.05, 3.63) is 40.6 Å². The van der Waals surface area contributed by atoms with Gasteiger partial charge in [-0.05, 0) is 12.1 Å². The van der Waals surface area contributed by atoms with E-state index in [4.69, 9.17) is 5.73 Å². The number of sulfonamides is 1. The number of benzene rings is 1. The molecule has 0 spiro atoms. The zero-order valence-electron chi connectivity index (χ0n) is 9.31. The van der Waals surface area contributed by atoms with Gasteiger partial charge in [0.25, 0.3) is 10.0 Å². The Morgan fingerprint density at radius 3 is 2.68 bits per heavy atom. The highest BCUT2D eigenvalue weighted by Crippen LogP contribution is 2.30. The number of para-hydroxylation sites is 1. The number of rotatable bonds is 4. The Kier molecular flexibility index (Phi) is 3.09. The molecule has 1 heterocycles. The number of nitrogens with one attached hydrogen (secondary N) is 1. The molecule has 10 heteroatoms. The minimum absolute atomic E-state index is 0.0864. The van der Waals surface area contributed by atoms with Crippen LogP contribution < -0.4 is 10.5 Å². The number of aromatic nitrogens is 1. The molecule has 0 aliphatic rings. The first kappa shape index (κ1) is 12.8. The first-order valence-corrected chi connectivity index (χ1v) is 6.36. The van der Waals surface area contributed by atoms with Crippen molar-refractivity contribution in [3.63, 3.8) is 0 Å². The second-order valence-electron chi connectivity index (χ2n) is 3.44. The van der Waals surface area contributed by atoms with Crippen molar-refractivity contribution in [3.8, 4) is 0 Å². The Balaban J connectivity index is 2.52. The molecule has 0 aliphatic heterocycles. The van der Waals surface area contributed by atoms with Gasteiger partial charge in [0.05, 0.1) is 4.92 Å². The van der Waals surface area contributed by atoms with Gasteiger partial charge in [-0.25, -0.2) is 8.42 Å². The average molecular weight is 284 g/mol. The van der Waals surface area contributed by atoms with Crippen LogP contribution in [0.25, 0.3) is 0 Å². The van der Waals surface area contributed by atoms with E-state index in [1.807, 2.05) is 4.72 Å². The van der Waals surface area contributed by atoms with Gasteiger partial charge < -0.3 is 10.3 Å². The lowest BCUT2D eigenvalue weighted by Crippen LogP contribution is -2.15. The van der Waals surface area contributed by atoms with Gasteiger partial charge in [-0.2, -0.15) is 0 Å². The summed E-state index contributed by atoms with van der Waals surface area (Å²) in [6, 6.07) is 4.89. The van der Waals surface area contributed by atoms with Crippen LogP contribution in [-0.4, -0.2) is 18.5 Å². The Bertz CT molecular complexity index is 710. The van der Waals surface area contributed by atoms with Crippen LogP contribution in [0.15, 0.2) is 39.9 Å². The molecule has 0 amide bonds. The molecule has 2 aromatic rings. The normalized spacial score (nSPS) is 11.2. The van der Waals surface area contributed by atoms with Gasteiger partial charge >= 0.3 is 5.69 Å². The minimum atomic E-state index is -4.18. The number of nitro groups is 1. The average Bonchev–Trinajstić information content (AvgIpc) is 2.80. The predicted molar refractivity (Wildman–Crippen MR) is 64.8 cm³/mol. The van der Waals surface area contributed by atoms with Crippen molar-refractivity contribution in [2.24, 2.45) is 0 Å². The summed E-state index contributed by atoms with van der Waals surface area (Å²) in [5.41, 5.74) is 4.50. The third kappa shape index (κ3) is 2.47. The molecule has 0 saturated carbocycles. The van der Waals surface area contributed by atoms with Gasteiger partial charge in [0.15, 0.2) is 10.7 Å². The molecular weight excluding hydrogens is 276 g/mol. The summed E-state index contributed by atoms with van der Waals surface area (Å²) in [5.74, 6) is -0.0864. The van der Waals surface area contributed by atoms with E-state index in [0.717, 1.165) is 12.3 Å². The van der Waals surface area contributed by atoms with Gasteiger partial charge in [-0.15, -0.1) is 0 Å². The standard InChI is InChI=1S/C9H8N4O5S/c10-6-2-1-3-7(9(6)13(14)15)19(16,17)12-8-4-5-18-11-8/h1-5H,10H2,(H,11,12). The third-order valence-electron chi connectivity index (χ3n) is 2.18. The fraction of sp³-hybridized carbons (Fsp3) is 0. The summed E-state index contributed by atoms with van der Waals surface area (Å²) in [6.45, 7) is 0. The zero-order chi connectivity index (χ0) is 14.0. The van der Waals surface area contributed by atoms with Crippen LogP contribution in [-0.2, 0) is 10.0 Å². The van der Waals surface area contributed by atoms with Crippen LogP contribution in [0.5, 0.6) is 0 Å². The van der Waals surface area contributed by atoms with Crippen LogP contribution in [0.2, 0.25) is 0 Å². The van der Waals surface area contributed by atoms with E-state index in [2.05, 4.69) is 9.68 Å². The van der Waals surface area contributed by atoms with Crippen molar-refractivity contribution in [1.82, 2.24) is 5.16 Å². The fourth-order valence-electron chi connectivity index (χ4n) is 1.41. The highest BCUT2D eigenvalue weighted by atomic mass is 32.2. The number of nitro benzene ring substituents is 1. The molecule has 19 heavy (non-hydrogen) atoms. The maximum Gasteiger partial charge on any atom is 0.312 e. The molecule has 0 bridgehead atoms. The molecule has 2 rings (SSSR count). The molecule has 9 nitrogen and oxygen atoms in total. The van der Waals surface area contributed by atoms with Crippen LogP contribution in [0.1, 0.15) is 0 Å². The first-order chi connectivity index (χ1) is 8.92. The molecule has 0 saturated heterocycles. The van der Waals surface area contributed by atoms with Gasteiger partial charge in [0.1, 0.15) is 12.0 Å². The maximum atomic E-state index is 12.0. The van der Waals surface area contributed by atoms with Crippen molar-refractivity contribution < 1.29 is 17.9 Å². The number of hydrogen-bond acceptors (Lipinski definition) is 7. The minimum Gasteiger partial charge on any atom is -0.393 e. The quantitative estimate of drug-likeness (QED) is 0.483. The summed E-state index contributed by atoms with van der Waals surface area (Å²) in [4.78, 5) is 9.50. The predicted octanol–water partition coefficient (Wildman–Crippen LogP) is 0.966. The molecule has 0 aliphatic carbocycles. The second-order valence-corrected chi connectivity index (χ2v) is 5.09. The molecule has 3 N–H and O–H groups in total. The number of hydrogen-bond donors (Lipinski definition) is 2. The first-order valence-electron chi connectivity index (χ1n) is 4.88. The molecule has 1 aromatic heterocycles. The maximum absolute atomic E-state index is 12.0. The SMILES string of the molecule is Nc1cccc(S(=O)(=O)Nc2ccon2)c1[N+](=O)[O-]. The smallest absolute Gasteiger partial charge is 0.312 e. The fourth-order valence-corrected chi connectivity index (χ4v) is 2.60. The van der Waals surface area contributed by atoms with Gasteiger partial charge in [0.2, 0.25) is 0 Å². The van der Waals surface area contributed by atoms with Crippen molar-refractivity contribution in [2.75, 3.05) is 10.5 Å². The van der Waals surface area contributed by atoms with Crippen molar-refractivity contribution in [2.45, 2.75) is 4.90 Å². The Labute approximate surface area is 107 Å². The van der Waals surface area contributed by atoms with E-state index in [0.29, 0.717) is 0 Å². The van der Waals surface area contributed by atoms with Crippen LogP contribution in [0.4, 0.5) is 17.2 Å². The van der Waals surface area contributed by atoms with E-state index in [9.17, 15) is 18.5 Å². The number of anilines is 2. The lowest BCUT2D eigenvalue weighted by molar-refractivity contribution is -0.386. The highest BCUT2D eigenvalue weighted by molar-refractivity contribution is 7.92. The number of nitrogens with two attached hydrogens (primary N) is 1. The van der Waals surface area contributed by atoms with E-state index in [1.54, 1.807) is 0 Å². The number of nitrogen functional groups attached to an aromatic ring is 1. The van der Waals surface area contributed by atoms with Crippen LogP contribution >= 0.6 is 0 Å². The summed E-state index contributed by atoms with van der Waals surface area (Å²) in [7, 11) is -4.18. The molecule has 0 atom stereocenters. The lowest BCUT2D eigenvalue weighted by Gasteiger charge is -2.06. The highest BCUT2D eigenvalue weighted by Gasteiger charge is 2.28. The third-order valence-corrected chi connectivity index (χ3v) is 3.57. The summed E-state index contributed by atoms with van der Waals surface area (Å²) < 4.78 is 30.6. The van der Waals surface area contributed by atoms with Crippen LogP contribution in [0.3, 0.4) is 0 Å². The molecule has 0 unspecified atom stereocenters. The largest absolute Gasteiger partial charge is 0.393 e. The summed E-state index contributed by atoms with van der Waals surface area (Å²) >= 11 is 0. The zero-order valence-corrected chi connectivity index (χ0v) is 10.1. The lowest BCUT2D eigenvalue weighted by atomic mass is 10.3. The Hall–Kier alpha value is -2.62. The summed E-state index contributed by atoms with van der Waals surface area (Å²) in [6.07, 6.45) is 1.16. The topological polar surface area (TPSA) is 141 Å². The van der Waals surface area contributed by atoms with Gasteiger partial charge in [-0.3, -0.25) is 14.8 Å². The van der Waals surface area contributed by atoms with Crippen LogP contribution in [0, 0.1) is 10.1 Å².